The first-order chi connectivity index (χ1) is 11.5. The van der Waals surface area contributed by atoms with Crippen molar-refractivity contribution in [2.75, 3.05) is 12.8 Å². The summed E-state index contributed by atoms with van der Waals surface area (Å²) in [6.07, 6.45) is 0. The van der Waals surface area contributed by atoms with Gasteiger partial charge in [-0.3, -0.25) is 0 Å². The SMILES string of the molecule is COc1ccc(-c2c(C)nn(-c3ccc(C(=O)O)cc3)c2N)cc1. The summed E-state index contributed by atoms with van der Waals surface area (Å²) in [5, 5.41) is 13.5. The van der Waals surface area contributed by atoms with E-state index in [1.54, 1.807) is 23.9 Å². The third-order valence-corrected chi connectivity index (χ3v) is 3.83. The van der Waals surface area contributed by atoms with Crippen LogP contribution in [0.4, 0.5) is 5.82 Å². The monoisotopic (exact) mass is 323 g/mol. The number of rotatable bonds is 4. The van der Waals surface area contributed by atoms with Crippen molar-refractivity contribution >= 4 is 11.8 Å². The molecule has 3 N–H and O–H groups in total. The zero-order chi connectivity index (χ0) is 17.3. The van der Waals surface area contributed by atoms with Crippen LogP contribution in [0.5, 0.6) is 5.75 Å². The average molecular weight is 323 g/mol. The van der Waals surface area contributed by atoms with E-state index in [0.717, 1.165) is 22.6 Å². The van der Waals surface area contributed by atoms with Crippen molar-refractivity contribution < 1.29 is 14.6 Å². The van der Waals surface area contributed by atoms with Crippen LogP contribution in [0.2, 0.25) is 0 Å². The lowest BCUT2D eigenvalue weighted by atomic mass is 10.1. The second kappa shape index (κ2) is 6.08. The number of nitrogen functional groups attached to an aromatic ring is 1. The van der Waals surface area contributed by atoms with Gasteiger partial charge in [0.1, 0.15) is 11.6 Å². The average Bonchev–Trinajstić information content (AvgIpc) is 2.89. The summed E-state index contributed by atoms with van der Waals surface area (Å²) in [5.74, 6) is 0.303. The molecule has 0 amide bonds. The number of ether oxygens (including phenoxy) is 1. The minimum atomic E-state index is -0.968. The van der Waals surface area contributed by atoms with Gasteiger partial charge in [0.2, 0.25) is 0 Å². The third-order valence-electron chi connectivity index (χ3n) is 3.83. The second-order valence-electron chi connectivity index (χ2n) is 5.34. The Morgan fingerprint density at radius 3 is 2.29 bits per heavy atom. The van der Waals surface area contributed by atoms with Crippen LogP contribution in [-0.4, -0.2) is 28.0 Å². The van der Waals surface area contributed by atoms with Crippen LogP contribution in [0, 0.1) is 6.92 Å². The predicted octanol–water partition coefficient (Wildman–Crippen LogP) is 3.14. The second-order valence-corrected chi connectivity index (χ2v) is 5.34. The van der Waals surface area contributed by atoms with Gasteiger partial charge in [-0.05, 0) is 48.9 Å². The van der Waals surface area contributed by atoms with Crippen LogP contribution in [0.15, 0.2) is 48.5 Å². The van der Waals surface area contributed by atoms with Crippen molar-refractivity contribution in [1.82, 2.24) is 9.78 Å². The Bertz CT molecular complexity index is 881. The molecule has 0 aliphatic rings. The molecule has 0 fully saturated rings. The molecule has 3 rings (SSSR count). The fraction of sp³-hybridized carbons (Fsp3) is 0.111. The number of carboxylic acid groups (broad SMARTS) is 1. The minimum absolute atomic E-state index is 0.219. The Hall–Kier alpha value is -3.28. The summed E-state index contributed by atoms with van der Waals surface area (Å²) in [5.41, 5.74) is 9.80. The summed E-state index contributed by atoms with van der Waals surface area (Å²) < 4.78 is 6.78. The van der Waals surface area contributed by atoms with Crippen molar-refractivity contribution in [3.63, 3.8) is 0 Å². The molecule has 0 radical (unpaired) electrons. The van der Waals surface area contributed by atoms with Crippen molar-refractivity contribution in [2.24, 2.45) is 0 Å². The van der Waals surface area contributed by atoms with Crippen LogP contribution in [0.3, 0.4) is 0 Å². The van der Waals surface area contributed by atoms with Crippen molar-refractivity contribution in [3.8, 4) is 22.6 Å². The molecule has 0 saturated heterocycles. The first-order valence-corrected chi connectivity index (χ1v) is 7.34. The molecule has 0 spiro atoms. The van der Waals surface area contributed by atoms with Gasteiger partial charge in [-0.15, -0.1) is 0 Å². The number of aromatic nitrogens is 2. The lowest BCUT2D eigenvalue weighted by molar-refractivity contribution is 0.0697. The quantitative estimate of drug-likeness (QED) is 0.770. The molecule has 0 bridgehead atoms. The molecular formula is C18H17N3O3. The molecule has 1 heterocycles. The van der Waals surface area contributed by atoms with Crippen LogP contribution in [0.25, 0.3) is 16.8 Å². The highest BCUT2D eigenvalue weighted by atomic mass is 16.5. The van der Waals surface area contributed by atoms with Crippen LogP contribution in [-0.2, 0) is 0 Å². The maximum atomic E-state index is 11.0. The number of carboxylic acids is 1. The molecule has 122 valence electrons. The number of aryl methyl sites for hydroxylation is 1. The summed E-state index contributed by atoms with van der Waals surface area (Å²) in [6.45, 7) is 1.89. The highest BCUT2D eigenvalue weighted by Crippen LogP contribution is 2.32. The number of hydrogen-bond donors (Lipinski definition) is 2. The van der Waals surface area contributed by atoms with E-state index in [2.05, 4.69) is 5.10 Å². The van der Waals surface area contributed by atoms with E-state index in [4.69, 9.17) is 15.6 Å². The lowest BCUT2D eigenvalue weighted by Crippen LogP contribution is -2.03. The number of benzene rings is 2. The summed E-state index contributed by atoms with van der Waals surface area (Å²) >= 11 is 0. The van der Waals surface area contributed by atoms with Crippen LogP contribution < -0.4 is 10.5 Å². The summed E-state index contributed by atoms with van der Waals surface area (Å²) in [6, 6.07) is 14.0. The standard InChI is InChI=1S/C18H17N3O3/c1-11-16(12-5-9-15(24-2)10-6-12)17(19)21(20-11)14-7-3-13(4-8-14)18(22)23/h3-10H,19H2,1-2H3,(H,22,23). The number of nitrogens with zero attached hydrogens (tertiary/aromatic N) is 2. The Morgan fingerprint density at radius 2 is 1.75 bits per heavy atom. The van der Waals surface area contributed by atoms with Crippen molar-refractivity contribution in [1.29, 1.82) is 0 Å². The molecule has 1 aromatic heterocycles. The fourth-order valence-corrected chi connectivity index (χ4v) is 2.60. The van der Waals surface area contributed by atoms with E-state index >= 15 is 0 Å². The van der Waals surface area contributed by atoms with E-state index in [-0.39, 0.29) is 5.56 Å². The molecule has 6 nitrogen and oxygen atoms in total. The molecule has 3 aromatic rings. The Balaban J connectivity index is 2.03. The number of anilines is 1. The van der Waals surface area contributed by atoms with Gasteiger partial charge in [0.15, 0.2) is 0 Å². The van der Waals surface area contributed by atoms with Crippen molar-refractivity contribution in [3.05, 3.63) is 59.8 Å². The molecule has 24 heavy (non-hydrogen) atoms. The topological polar surface area (TPSA) is 90.4 Å². The first kappa shape index (κ1) is 15.6. The summed E-state index contributed by atoms with van der Waals surface area (Å²) in [7, 11) is 1.62. The van der Waals surface area contributed by atoms with Gasteiger partial charge in [-0.25, -0.2) is 9.48 Å². The van der Waals surface area contributed by atoms with E-state index < -0.39 is 5.97 Å². The van der Waals surface area contributed by atoms with Crippen molar-refractivity contribution in [2.45, 2.75) is 6.92 Å². The molecule has 0 aliphatic heterocycles. The van der Waals surface area contributed by atoms with Gasteiger partial charge in [0, 0.05) is 5.56 Å². The number of aromatic carboxylic acids is 1. The lowest BCUT2D eigenvalue weighted by Gasteiger charge is -2.06. The Morgan fingerprint density at radius 1 is 1.12 bits per heavy atom. The maximum Gasteiger partial charge on any atom is 0.335 e. The summed E-state index contributed by atoms with van der Waals surface area (Å²) in [4.78, 5) is 11.0. The Labute approximate surface area is 139 Å². The molecule has 0 unspecified atom stereocenters. The van der Waals surface area contributed by atoms with Gasteiger partial charge < -0.3 is 15.6 Å². The molecule has 0 atom stereocenters. The van der Waals surface area contributed by atoms with Gasteiger partial charge in [-0.2, -0.15) is 5.10 Å². The number of methoxy groups -OCH3 is 1. The largest absolute Gasteiger partial charge is 0.497 e. The van der Waals surface area contributed by atoms with Gasteiger partial charge in [0.25, 0.3) is 0 Å². The van der Waals surface area contributed by atoms with E-state index in [1.165, 1.54) is 12.1 Å². The maximum absolute atomic E-state index is 11.0. The fourth-order valence-electron chi connectivity index (χ4n) is 2.60. The van der Waals surface area contributed by atoms with E-state index in [0.29, 0.717) is 11.5 Å². The highest BCUT2D eigenvalue weighted by Gasteiger charge is 2.16. The molecule has 0 aliphatic carbocycles. The van der Waals surface area contributed by atoms with Gasteiger partial charge in [-0.1, -0.05) is 12.1 Å². The van der Waals surface area contributed by atoms with Crippen LogP contribution >= 0.6 is 0 Å². The highest BCUT2D eigenvalue weighted by molar-refractivity contribution is 5.87. The van der Waals surface area contributed by atoms with Gasteiger partial charge in [0.05, 0.1) is 24.1 Å². The first-order valence-electron chi connectivity index (χ1n) is 7.34. The van der Waals surface area contributed by atoms with Crippen LogP contribution in [0.1, 0.15) is 16.1 Å². The number of hydrogen-bond acceptors (Lipinski definition) is 4. The molecular weight excluding hydrogens is 306 g/mol. The van der Waals surface area contributed by atoms with E-state index in [9.17, 15) is 4.79 Å². The zero-order valence-electron chi connectivity index (χ0n) is 13.4. The number of nitrogens with two attached hydrogens (primary N) is 1. The van der Waals surface area contributed by atoms with Gasteiger partial charge >= 0.3 is 5.97 Å². The predicted molar refractivity (Wildman–Crippen MR) is 91.7 cm³/mol. The third kappa shape index (κ3) is 2.69. The smallest absolute Gasteiger partial charge is 0.335 e. The number of carbonyl (C=O) groups is 1. The molecule has 0 saturated carbocycles. The zero-order valence-corrected chi connectivity index (χ0v) is 13.4. The minimum Gasteiger partial charge on any atom is -0.497 e. The normalized spacial score (nSPS) is 10.6. The molecule has 2 aromatic carbocycles. The van der Waals surface area contributed by atoms with E-state index in [1.807, 2.05) is 31.2 Å². The molecule has 6 heteroatoms. The Kier molecular flexibility index (Phi) is 3.95.